The van der Waals surface area contributed by atoms with Gasteiger partial charge in [-0.15, -0.1) is 0 Å². The smallest absolute Gasteiger partial charge is 0.287 e. The van der Waals surface area contributed by atoms with Gasteiger partial charge in [0.15, 0.2) is 5.76 Å². The molecule has 0 bridgehead atoms. The number of furan rings is 1. The minimum absolute atomic E-state index is 0.194. The zero-order chi connectivity index (χ0) is 14.6. The van der Waals surface area contributed by atoms with E-state index in [1.54, 1.807) is 19.1 Å². The zero-order valence-corrected chi connectivity index (χ0v) is 11.6. The number of hydrogen-bond acceptors (Lipinski definition) is 4. The first-order valence-electron chi connectivity index (χ1n) is 6.93. The number of carbonyl (C=O) groups excluding carboxylic acids is 2. The summed E-state index contributed by atoms with van der Waals surface area (Å²) in [6, 6.07) is 2.55. The summed E-state index contributed by atoms with van der Waals surface area (Å²) < 4.78 is 4.99. The highest BCUT2D eigenvalue weighted by Gasteiger charge is 2.35. The molecular weight excluding hydrogens is 258 g/mol. The first-order chi connectivity index (χ1) is 9.56. The van der Waals surface area contributed by atoms with E-state index in [2.05, 4.69) is 10.6 Å². The van der Waals surface area contributed by atoms with Gasteiger partial charge in [0.2, 0.25) is 5.91 Å². The van der Waals surface area contributed by atoms with Gasteiger partial charge in [-0.1, -0.05) is 12.8 Å². The maximum Gasteiger partial charge on any atom is 0.287 e. The van der Waals surface area contributed by atoms with Crippen molar-refractivity contribution >= 4 is 11.8 Å². The molecule has 1 saturated carbocycles. The molecule has 20 heavy (non-hydrogen) atoms. The fourth-order valence-electron chi connectivity index (χ4n) is 2.54. The van der Waals surface area contributed by atoms with Crippen LogP contribution in [-0.2, 0) is 4.79 Å². The highest BCUT2D eigenvalue weighted by molar-refractivity contribution is 5.95. The molecule has 1 aromatic rings. The van der Waals surface area contributed by atoms with Crippen LogP contribution in [0.25, 0.3) is 0 Å². The Hall–Kier alpha value is -1.82. The van der Waals surface area contributed by atoms with Crippen molar-refractivity contribution < 1.29 is 14.0 Å². The Morgan fingerprint density at radius 3 is 2.70 bits per heavy atom. The molecule has 1 atom stereocenters. The Labute approximate surface area is 118 Å². The molecule has 2 rings (SSSR count). The summed E-state index contributed by atoms with van der Waals surface area (Å²) in [4.78, 5) is 24.0. The topological polar surface area (TPSA) is 97.4 Å². The van der Waals surface area contributed by atoms with Gasteiger partial charge in [0.25, 0.3) is 5.91 Å². The van der Waals surface area contributed by atoms with Gasteiger partial charge in [0, 0.05) is 6.54 Å². The first-order valence-corrected chi connectivity index (χ1v) is 6.93. The molecule has 1 aliphatic carbocycles. The lowest BCUT2D eigenvalue weighted by Gasteiger charge is -2.30. The molecule has 1 unspecified atom stereocenters. The van der Waals surface area contributed by atoms with Gasteiger partial charge in [-0.2, -0.15) is 0 Å². The molecule has 0 spiro atoms. The minimum Gasteiger partial charge on any atom is -0.459 e. The normalized spacial score (nSPS) is 18.5. The Morgan fingerprint density at radius 1 is 1.45 bits per heavy atom. The number of rotatable bonds is 5. The lowest BCUT2D eigenvalue weighted by Crippen LogP contribution is -2.56. The summed E-state index contributed by atoms with van der Waals surface area (Å²) >= 11 is 0. The molecule has 1 heterocycles. The van der Waals surface area contributed by atoms with Crippen molar-refractivity contribution in [3.05, 3.63) is 24.2 Å². The SMILES string of the molecule is CC(NC(=O)c1ccco1)C(=O)NC1(CN)CCCC1. The monoisotopic (exact) mass is 279 g/mol. The second kappa shape index (κ2) is 6.09. The van der Waals surface area contributed by atoms with Gasteiger partial charge in [0.05, 0.1) is 11.8 Å². The third-order valence-electron chi connectivity index (χ3n) is 3.83. The van der Waals surface area contributed by atoms with Crippen LogP contribution in [0.1, 0.15) is 43.2 Å². The lowest BCUT2D eigenvalue weighted by atomic mass is 9.97. The van der Waals surface area contributed by atoms with Crippen LogP contribution in [0.5, 0.6) is 0 Å². The molecular formula is C14H21N3O3. The quantitative estimate of drug-likeness (QED) is 0.742. The first kappa shape index (κ1) is 14.6. The van der Waals surface area contributed by atoms with E-state index in [1.807, 2.05) is 0 Å². The molecule has 0 saturated heterocycles. The Balaban J connectivity index is 1.90. The fourth-order valence-corrected chi connectivity index (χ4v) is 2.54. The molecule has 6 heteroatoms. The largest absolute Gasteiger partial charge is 0.459 e. The highest BCUT2D eigenvalue weighted by Crippen LogP contribution is 2.28. The molecule has 0 aromatic carbocycles. The van der Waals surface area contributed by atoms with E-state index >= 15 is 0 Å². The van der Waals surface area contributed by atoms with Gasteiger partial charge >= 0.3 is 0 Å². The van der Waals surface area contributed by atoms with Crippen LogP contribution in [0.4, 0.5) is 0 Å². The van der Waals surface area contributed by atoms with Crippen molar-refractivity contribution in [1.29, 1.82) is 0 Å². The predicted octanol–water partition coefficient (Wildman–Crippen LogP) is 0.786. The third-order valence-corrected chi connectivity index (χ3v) is 3.83. The minimum atomic E-state index is -0.628. The molecule has 6 nitrogen and oxygen atoms in total. The molecule has 0 aliphatic heterocycles. The summed E-state index contributed by atoms with van der Waals surface area (Å²) in [5.74, 6) is -0.415. The molecule has 1 aromatic heterocycles. The second-order valence-electron chi connectivity index (χ2n) is 5.35. The molecule has 0 radical (unpaired) electrons. The van der Waals surface area contributed by atoms with E-state index in [0.29, 0.717) is 6.54 Å². The molecule has 4 N–H and O–H groups in total. The van der Waals surface area contributed by atoms with Crippen molar-refractivity contribution in [2.45, 2.75) is 44.2 Å². The standard InChI is InChI=1S/C14H21N3O3/c1-10(16-13(19)11-5-4-8-20-11)12(18)17-14(9-15)6-2-3-7-14/h4-5,8,10H,2-3,6-7,9,15H2,1H3,(H,16,19)(H,17,18). The summed E-state index contributed by atoms with van der Waals surface area (Å²) in [6.45, 7) is 2.08. The van der Waals surface area contributed by atoms with Crippen LogP contribution in [0, 0.1) is 0 Å². The number of carbonyl (C=O) groups is 2. The molecule has 2 amide bonds. The van der Waals surface area contributed by atoms with Crippen molar-refractivity contribution in [3.8, 4) is 0 Å². The second-order valence-corrected chi connectivity index (χ2v) is 5.35. The van der Waals surface area contributed by atoms with E-state index in [-0.39, 0.29) is 17.2 Å². The molecule has 1 aliphatic rings. The van der Waals surface area contributed by atoms with E-state index in [4.69, 9.17) is 10.2 Å². The number of nitrogens with two attached hydrogens (primary N) is 1. The van der Waals surface area contributed by atoms with Crippen molar-refractivity contribution in [1.82, 2.24) is 10.6 Å². The van der Waals surface area contributed by atoms with E-state index < -0.39 is 11.9 Å². The molecule has 110 valence electrons. The fraction of sp³-hybridized carbons (Fsp3) is 0.571. The van der Waals surface area contributed by atoms with Crippen LogP contribution >= 0.6 is 0 Å². The summed E-state index contributed by atoms with van der Waals surface area (Å²) in [5, 5.41) is 5.59. The predicted molar refractivity (Wildman–Crippen MR) is 74.0 cm³/mol. The van der Waals surface area contributed by atoms with Crippen molar-refractivity contribution in [3.63, 3.8) is 0 Å². The summed E-state index contributed by atoms with van der Waals surface area (Å²) in [7, 11) is 0. The maximum atomic E-state index is 12.2. The Bertz CT molecular complexity index is 464. The maximum absolute atomic E-state index is 12.2. The van der Waals surface area contributed by atoms with Gasteiger partial charge in [-0.05, 0) is 31.9 Å². The highest BCUT2D eigenvalue weighted by atomic mass is 16.3. The van der Waals surface area contributed by atoms with E-state index in [9.17, 15) is 9.59 Å². The van der Waals surface area contributed by atoms with E-state index in [1.165, 1.54) is 6.26 Å². The van der Waals surface area contributed by atoms with Gasteiger partial charge in [-0.25, -0.2) is 0 Å². The number of hydrogen-bond donors (Lipinski definition) is 3. The van der Waals surface area contributed by atoms with Crippen LogP contribution in [-0.4, -0.2) is 29.9 Å². The average molecular weight is 279 g/mol. The Morgan fingerprint density at radius 2 is 2.15 bits per heavy atom. The van der Waals surface area contributed by atoms with Gasteiger partial charge < -0.3 is 20.8 Å². The van der Waals surface area contributed by atoms with Crippen molar-refractivity contribution in [2.24, 2.45) is 5.73 Å². The van der Waals surface area contributed by atoms with Crippen LogP contribution in [0.3, 0.4) is 0 Å². The zero-order valence-electron chi connectivity index (χ0n) is 11.6. The molecule has 1 fully saturated rings. The van der Waals surface area contributed by atoms with Gasteiger partial charge in [0.1, 0.15) is 6.04 Å². The van der Waals surface area contributed by atoms with Crippen molar-refractivity contribution in [2.75, 3.05) is 6.54 Å². The lowest BCUT2D eigenvalue weighted by molar-refractivity contribution is -0.124. The number of nitrogens with one attached hydrogen (secondary N) is 2. The van der Waals surface area contributed by atoms with Crippen LogP contribution in [0.2, 0.25) is 0 Å². The number of amides is 2. The van der Waals surface area contributed by atoms with Crippen LogP contribution < -0.4 is 16.4 Å². The van der Waals surface area contributed by atoms with Gasteiger partial charge in [-0.3, -0.25) is 9.59 Å². The van der Waals surface area contributed by atoms with E-state index in [0.717, 1.165) is 25.7 Å². The third kappa shape index (κ3) is 3.19. The average Bonchev–Trinajstić information content (AvgIpc) is 3.10. The Kier molecular flexibility index (Phi) is 4.44. The van der Waals surface area contributed by atoms with Crippen LogP contribution in [0.15, 0.2) is 22.8 Å². The summed E-state index contributed by atoms with van der Waals surface area (Å²) in [5.41, 5.74) is 5.47. The summed E-state index contributed by atoms with van der Waals surface area (Å²) in [6.07, 6.45) is 5.36.